The molecule has 0 spiro atoms. The van der Waals surface area contributed by atoms with E-state index in [9.17, 15) is 18.6 Å². The van der Waals surface area contributed by atoms with Gasteiger partial charge in [-0.05, 0) is 37.6 Å². The average molecular weight is 511 g/mol. The summed E-state index contributed by atoms with van der Waals surface area (Å²) in [5.74, 6) is 0.0980. The summed E-state index contributed by atoms with van der Waals surface area (Å²) in [5.41, 5.74) is 5.18. The second-order valence-electron chi connectivity index (χ2n) is 8.23. The van der Waals surface area contributed by atoms with E-state index in [-0.39, 0.29) is 40.1 Å². The molecule has 5 rings (SSSR count). The monoisotopic (exact) mass is 510 g/mol. The molecule has 1 fully saturated rings. The van der Waals surface area contributed by atoms with E-state index in [1.807, 2.05) is 6.92 Å². The molecular weight excluding hydrogens is 488 g/mol. The van der Waals surface area contributed by atoms with E-state index in [0.717, 1.165) is 0 Å². The first kappa shape index (κ1) is 23.6. The highest BCUT2D eigenvalue weighted by atomic mass is 32.2. The van der Waals surface area contributed by atoms with Crippen LogP contribution in [0.15, 0.2) is 46.9 Å². The number of rotatable bonds is 8. The number of benzene rings is 1. The number of nitrogens with one attached hydrogen (secondary N) is 1. The zero-order valence-corrected chi connectivity index (χ0v) is 20.2. The number of aromatic nitrogens is 4. The summed E-state index contributed by atoms with van der Waals surface area (Å²) in [6.07, 6.45) is 3.59. The lowest BCUT2D eigenvalue weighted by Gasteiger charge is -2.15. The zero-order valence-electron chi connectivity index (χ0n) is 19.4. The molecule has 2 aliphatic rings. The number of ether oxygens (including phenoxy) is 2. The van der Waals surface area contributed by atoms with Crippen LogP contribution in [0.25, 0.3) is 22.7 Å². The van der Waals surface area contributed by atoms with Crippen molar-refractivity contribution in [3.63, 3.8) is 0 Å². The lowest BCUT2D eigenvalue weighted by molar-refractivity contribution is 0.175. The number of imidazole rings is 1. The van der Waals surface area contributed by atoms with Crippen molar-refractivity contribution in [3.8, 4) is 17.2 Å². The smallest absolute Gasteiger partial charge is 0.236 e. The van der Waals surface area contributed by atoms with Crippen LogP contribution in [0.2, 0.25) is 0 Å². The molecule has 12 nitrogen and oxygen atoms in total. The SMILES string of the molecule is CCOC1=NC(c2nc3ncc(NS(=O)(=O)CC4(O)CC4)nc3n2-c2c(O)cccc2OC)=C=C=C1. The van der Waals surface area contributed by atoms with Crippen LogP contribution < -0.4 is 9.46 Å². The summed E-state index contributed by atoms with van der Waals surface area (Å²) in [6.45, 7) is 2.20. The maximum atomic E-state index is 12.6. The molecule has 0 atom stereocenters. The molecule has 2 aromatic heterocycles. The molecule has 0 unspecified atom stereocenters. The van der Waals surface area contributed by atoms with Gasteiger partial charge in [-0.25, -0.2) is 28.4 Å². The molecule has 13 heteroatoms. The molecular formula is C23H22N6O6S. The van der Waals surface area contributed by atoms with E-state index in [4.69, 9.17) is 9.47 Å². The van der Waals surface area contributed by atoms with Gasteiger partial charge in [0.25, 0.3) is 0 Å². The third-order valence-corrected chi connectivity index (χ3v) is 6.89. The number of sulfonamides is 1. The molecule has 1 aliphatic carbocycles. The number of para-hydroxylation sites is 1. The molecule has 0 radical (unpaired) electrons. The number of phenols is 1. The Hall–Kier alpha value is -4.15. The van der Waals surface area contributed by atoms with E-state index in [1.165, 1.54) is 30.0 Å². The highest BCUT2D eigenvalue weighted by Gasteiger charge is 2.44. The second kappa shape index (κ2) is 8.81. The van der Waals surface area contributed by atoms with Gasteiger partial charge in [-0.15, -0.1) is 0 Å². The summed E-state index contributed by atoms with van der Waals surface area (Å²) >= 11 is 0. The van der Waals surface area contributed by atoms with Crippen LogP contribution in [0.1, 0.15) is 25.6 Å². The first-order valence-corrected chi connectivity index (χ1v) is 12.7. The number of aromatic hydroxyl groups is 1. The molecule has 0 saturated heterocycles. The highest BCUT2D eigenvalue weighted by molar-refractivity contribution is 7.92. The third kappa shape index (κ3) is 4.56. The fourth-order valence-corrected chi connectivity index (χ4v) is 5.16. The maximum Gasteiger partial charge on any atom is 0.236 e. The molecule has 1 aliphatic heterocycles. The number of phenolic OH excluding ortho intramolecular Hbond substituents is 1. The first-order chi connectivity index (χ1) is 17.2. The summed E-state index contributed by atoms with van der Waals surface area (Å²) < 4.78 is 39.9. The van der Waals surface area contributed by atoms with E-state index in [0.29, 0.717) is 31.1 Å². The number of hydrogen-bond acceptors (Lipinski definition) is 10. The zero-order chi connectivity index (χ0) is 25.5. The van der Waals surface area contributed by atoms with Gasteiger partial charge in [0.15, 0.2) is 28.6 Å². The van der Waals surface area contributed by atoms with E-state index >= 15 is 0 Å². The Morgan fingerprint density at radius 1 is 1.28 bits per heavy atom. The molecule has 1 aromatic carbocycles. The second-order valence-corrected chi connectivity index (χ2v) is 9.95. The normalized spacial score (nSPS) is 16.0. The van der Waals surface area contributed by atoms with Gasteiger partial charge in [-0.3, -0.25) is 9.29 Å². The van der Waals surface area contributed by atoms with Gasteiger partial charge >= 0.3 is 0 Å². The largest absolute Gasteiger partial charge is 0.506 e. The van der Waals surface area contributed by atoms with Crippen molar-refractivity contribution in [2.45, 2.75) is 25.4 Å². The summed E-state index contributed by atoms with van der Waals surface area (Å²) in [6, 6.07) is 4.71. The highest BCUT2D eigenvalue weighted by Crippen LogP contribution is 2.38. The molecule has 0 amide bonds. The van der Waals surface area contributed by atoms with Crippen LogP contribution in [0, 0.1) is 0 Å². The summed E-state index contributed by atoms with van der Waals surface area (Å²) in [5, 5.41) is 20.8. The Morgan fingerprint density at radius 2 is 2.08 bits per heavy atom. The standard InChI is InChI=1S/C23H22N6O6S/c1-3-35-18-9-4-6-14(25-18)21-27-20-22(29(21)19-15(30)7-5-8-16(19)34-2)26-17(12-24-20)28-36(32,33)13-23(31)10-11-23/h5,7-9,12,30-31H,3,10-11,13H2,1-2H3,(H,26,28). The van der Waals surface area contributed by atoms with E-state index < -0.39 is 21.4 Å². The quantitative estimate of drug-likeness (QED) is 0.384. The van der Waals surface area contributed by atoms with Gasteiger partial charge in [-0.2, -0.15) is 0 Å². The summed E-state index contributed by atoms with van der Waals surface area (Å²) in [4.78, 5) is 17.6. The minimum atomic E-state index is -3.90. The fraction of sp³-hybridized carbons (Fsp3) is 0.304. The third-order valence-electron chi connectivity index (χ3n) is 5.45. The number of anilines is 1. The molecule has 36 heavy (non-hydrogen) atoms. The first-order valence-electron chi connectivity index (χ1n) is 11.0. The Kier molecular flexibility index (Phi) is 5.77. The maximum absolute atomic E-state index is 12.6. The van der Waals surface area contributed by atoms with Crippen LogP contribution in [-0.2, 0) is 14.8 Å². The number of fused-ring (bicyclic) bond motifs is 1. The van der Waals surface area contributed by atoms with Crippen molar-refractivity contribution < 1.29 is 28.1 Å². The van der Waals surface area contributed by atoms with Crippen molar-refractivity contribution in [3.05, 3.63) is 47.8 Å². The number of aliphatic hydroxyl groups is 1. The van der Waals surface area contributed by atoms with E-state index in [2.05, 4.69) is 36.1 Å². The number of aliphatic imine (C=N–C) groups is 1. The minimum Gasteiger partial charge on any atom is -0.506 e. The number of nitrogens with zero attached hydrogens (tertiary/aromatic N) is 5. The minimum absolute atomic E-state index is 0.0830. The molecule has 1 saturated carbocycles. The van der Waals surface area contributed by atoms with Crippen molar-refractivity contribution in [2.24, 2.45) is 4.99 Å². The van der Waals surface area contributed by atoms with Gasteiger partial charge in [0.1, 0.15) is 17.2 Å². The van der Waals surface area contributed by atoms with Crippen molar-refractivity contribution in [1.82, 2.24) is 19.5 Å². The number of hydrogen-bond donors (Lipinski definition) is 3. The molecule has 3 heterocycles. The predicted molar refractivity (Wildman–Crippen MR) is 131 cm³/mol. The van der Waals surface area contributed by atoms with Crippen LogP contribution in [0.5, 0.6) is 11.5 Å². The van der Waals surface area contributed by atoms with Crippen molar-refractivity contribution >= 4 is 38.7 Å². The van der Waals surface area contributed by atoms with Gasteiger partial charge in [0.2, 0.25) is 15.9 Å². The lowest BCUT2D eigenvalue weighted by atomic mass is 10.2. The van der Waals surface area contributed by atoms with Crippen LogP contribution in [-0.4, -0.2) is 69.1 Å². The van der Waals surface area contributed by atoms with Crippen LogP contribution in [0.3, 0.4) is 0 Å². The molecule has 0 bridgehead atoms. The predicted octanol–water partition coefficient (Wildman–Crippen LogP) is 1.90. The summed E-state index contributed by atoms with van der Waals surface area (Å²) in [7, 11) is -2.46. The van der Waals surface area contributed by atoms with Crippen LogP contribution >= 0.6 is 0 Å². The Balaban J connectivity index is 1.70. The Morgan fingerprint density at radius 3 is 2.81 bits per heavy atom. The Bertz CT molecular complexity index is 1610. The lowest BCUT2D eigenvalue weighted by Crippen LogP contribution is -2.27. The average Bonchev–Trinajstić information content (AvgIpc) is 3.43. The number of methoxy groups -OCH3 is 1. The molecule has 3 N–H and O–H groups in total. The Labute approximate surface area is 206 Å². The van der Waals surface area contributed by atoms with Crippen LogP contribution in [0.4, 0.5) is 5.82 Å². The fourth-order valence-electron chi connectivity index (χ4n) is 3.67. The molecule has 186 valence electrons. The van der Waals surface area contributed by atoms with Gasteiger partial charge in [0, 0.05) is 0 Å². The van der Waals surface area contributed by atoms with Gasteiger partial charge in [-0.1, -0.05) is 11.8 Å². The van der Waals surface area contributed by atoms with E-state index in [1.54, 1.807) is 12.1 Å². The van der Waals surface area contributed by atoms with Crippen molar-refractivity contribution in [1.29, 1.82) is 0 Å². The van der Waals surface area contributed by atoms with Crippen molar-refractivity contribution in [2.75, 3.05) is 24.2 Å². The van der Waals surface area contributed by atoms with Gasteiger partial charge in [0.05, 0.1) is 37.3 Å². The molecule has 3 aromatic rings. The topological polar surface area (TPSA) is 161 Å². The van der Waals surface area contributed by atoms with Gasteiger partial charge < -0.3 is 19.7 Å².